The molecule has 0 bridgehead atoms. The summed E-state index contributed by atoms with van der Waals surface area (Å²) in [6, 6.07) is 21.2. The molecule has 0 saturated carbocycles. The van der Waals surface area contributed by atoms with E-state index in [0.717, 1.165) is 26.3 Å². The third kappa shape index (κ3) is 5.58. The number of rotatable bonds is 9. The van der Waals surface area contributed by atoms with E-state index in [9.17, 15) is 8.42 Å². The third-order valence-electron chi connectivity index (χ3n) is 6.08. The van der Waals surface area contributed by atoms with Crippen LogP contribution in [0.5, 0.6) is 0 Å². The molecule has 0 amide bonds. The lowest BCUT2D eigenvalue weighted by atomic mass is 10.0. The molecule has 1 fully saturated rings. The first-order chi connectivity index (χ1) is 16.5. The Kier molecular flexibility index (Phi) is 7.82. The monoisotopic (exact) mass is 480 g/mol. The SMILES string of the molecule is CCN(c1ccccc1)S(=O)(=O)c1ccc(NCC(c2ccc(C)cc2)N2CCOCC2)nc1. The lowest BCUT2D eigenvalue weighted by molar-refractivity contribution is 0.0187. The molecule has 0 aliphatic carbocycles. The molecule has 180 valence electrons. The third-order valence-corrected chi connectivity index (χ3v) is 7.97. The molecule has 7 nitrogen and oxygen atoms in total. The van der Waals surface area contributed by atoms with Crippen LogP contribution < -0.4 is 9.62 Å². The van der Waals surface area contributed by atoms with Gasteiger partial charge in [0.25, 0.3) is 10.0 Å². The Labute approximate surface area is 202 Å². The fourth-order valence-electron chi connectivity index (χ4n) is 4.19. The van der Waals surface area contributed by atoms with Crippen molar-refractivity contribution in [3.05, 3.63) is 84.1 Å². The summed E-state index contributed by atoms with van der Waals surface area (Å²) in [5.41, 5.74) is 3.10. The number of para-hydroxylation sites is 1. The lowest BCUT2D eigenvalue weighted by Crippen LogP contribution is -2.41. The quantitative estimate of drug-likeness (QED) is 0.497. The molecule has 2 aromatic carbocycles. The van der Waals surface area contributed by atoms with Crippen molar-refractivity contribution in [3.63, 3.8) is 0 Å². The van der Waals surface area contributed by atoms with Gasteiger partial charge in [-0.2, -0.15) is 0 Å². The van der Waals surface area contributed by atoms with Crippen LogP contribution in [0.1, 0.15) is 24.1 Å². The number of hydrogen-bond donors (Lipinski definition) is 1. The molecule has 1 N–H and O–H groups in total. The van der Waals surface area contributed by atoms with Crippen molar-refractivity contribution in [1.29, 1.82) is 0 Å². The van der Waals surface area contributed by atoms with E-state index < -0.39 is 10.0 Å². The minimum absolute atomic E-state index is 0.170. The molecular weight excluding hydrogens is 448 g/mol. The van der Waals surface area contributed by atoms with Crippen LogP contribution in [0.3, 0.4) is 0 Å². The van der Waals surface area contributed by atoms with E-state index in [2.05, 4.69) is 46.4 Å². The van der Waals surface area contributed by atoms with Gasteiger partial charge in [0, 0.05) is 32.4 Å². The molecule has 3 aromatic rings. The predicted molar refractivity (Wildman–Crippen MR) is 136 cm³/mol. The summed E-state index contributed by atoms with van der Waals surface area (Å²) in [7, 11) is -3.70. The summed E-state index contributed by atoms with van der Waals surface area (Å²) in [6.07, 6.45) is 1.43. The number of benzene rings is 2. The summed E-state index contributed by atoms with van der Waals surface area (Å²) in [5.74, 6) is 0.645. The summed E-state index contributed by atoms with van der Waals surface area (Å²) >= 11 is 0. The number of aromatic nitrogens is 1. The molecule has 1 aliphatic heterocycles. The van der Waals surface area contributed by atoms with Crippen LogP contribution in [-0.4, -0.2) is 57.7 Å². The molecule has 4 rings (SSSR count). The van der Waals surface area contributed by atoms with E-state index in [1.807, 2.05) is 25.1 Å². The van der Waals surface area contributed by atoms with Crippen molar-refractivity contribution in [2.75, 3.05) is 49.0 Å². The molecule has 1 aliphatic rings. The Balaban J connectivity index is 1.49. The van der Waals surface area contributed by atoms with E-state index in [1.54, 1.807) is 24.3 Å². The molecule has 1 unspecified atom stereocenters. The maximum absolute atomic E-state index is 13.2. The number of aryl methyl sites for hydroxylation is 1. The van der Waals surface area contributed by atoms with Gasteiger partial charge < -0.3 is 10.1 Å². The zero-order chi connectivity index (χ0) is 24.0. The highest BCUT2D eigenvalue weighted by atomic mass is 32.2. The highest BCUT2D eigenvalue weighted by molar-refractivity contribution is 7.92. The summed E-state index contributed by atoms with van der Waals surface area (Å²) < 4.78 is 33.3. The number of pyridine rings is 1. The highest BCUT2D eigenvalue weighted by Gasteiger charge is 2.25. The first kappa shape index (κ1) is 24.2. The van der Waals surface area contributed by atoms with Gasteiger partial charge in [0.15, 0.2) is 0 Å². The average molecular weight is 481 g/mol. The first-order valence-electron chi connectivity index (χ1n) is 11.6. The summed E-state index contributed by atoms with van der Waals surface area (Å²) in [4.78, 5) is 7.01. The average Bonchev–Trinajstić information content (AvgIpc) is 2.87. The van der Waals surface area contributed by atoms with Gasteiger partial charge in [-0.3, -0.25) is 9.21 Å². The van der Waals surface area contributed by atoms with Crippen molar-refractivity contribution in [2.24, 2.45) is 0 Å². The van der Waals surface area contributed by atoms with E-state index in [0.29, 0.717) is 24.6 Å². The Bertz CT molecular complexity index is 1150. The minimum Gasteiger partial charge on any atom is -0.379 e. The highest BCUT2D eigenvalue weighted by Crippen LogP contribution is 2.25. The van der Waals surface area contributed by atoms with Gasteiger partial charge in [0.2, 0.25) is 0 Å². The van der Waals surface area contributed by atoms with Crippen molar-refractivity contribution < 1.29 is 13.2 Å². The summed E-state index contributed by atoms with van der Waals surface area (Å²) in [6.45, 7) is 8.10. The molecular formula is C26H32N4O3S. The second kappa shape index (κ2) is 11.0. The number of ether oxygens (including phenoxy) is 1. The fourth-order valence-corrected chi connectivity index (χ4v) is 5.61. The Morgan fingerprint density at radius 1 is 1.03 bits per heavy atom. The van der Waals surface area contributed by atoms with E-state index in [-0.39, 0.29) is 10.9 Å². The topological polar surface area (TPSA) is 74.8 Å². The van der Waals surface area contributed by atoms with Gasteiger partial charge in [-0.1, -0.05) is 48.0 Å². The Hall–Kier alpha value is -2.94. The molecule has 34 heavy (non-hydrogen) atoms. The maximum atomic E-state index is 13.2. The first-order valence-corrected chi connectivity index (χ1v) is 13.1. The number of hydrogen-bond acceptors (Lipinski definition) is 6. The molecule has 1 aromatic heterocycles. The molecule has 0 spiro atoms. The Morgan fingerprint density at radius 2 is 1.74 bits per heavy atom. The molecule has 1 saturated heterocycles. The van der Waals surface area contributed by atoms with Gasteiger partial charge in [-0.25, -0.2) is 13.4 Å². The van der Waals surface area contributed by atoms with Crippen LogP contribution >= 0.6 is 0 Å². The lowest BCUT2D eigenvalue weighted by Gasteiger charge is -2.35. The van der Waals surface area contributed by atoms with E-state index in [1.165, 1.54) is 21.6 Å². The van der Waals surface area contributed by atoms with Crippen LogP contribution in [0.4, 0.5) is 11.5 Å². The van der Waals surface area contributed by atoms with Crippen LogP contribution in [0.25, 0.3) is 0 Å². The smallest absolute Gasteiger partial charge is 0.265 e. The van der Waals surface area contributed by atoms with E-state index >= 15 is 0 Å². The Morgan fingerprint density at radius 3 is 2.35 bits per heavy atom. The van der Waals surface area contributed by atoms with Gasteiger partial charge in [0.05, 0.1) is 24.9 Å². The zero-order valence-corrected chi connectivity index (χ0v) is 20.5. The van der Waals surface area contributed by atoms with Gasteiger partial charge in [-0.15, -0.1) is 0 Å². The number of anilines is 2. The molecule has 8 heteroatoms. The van der Waals surface area contributed by atoms with Crippen LogP contribution in [0.2, 0.25) is 0 Å². The molecule has 0 radical (unpaired) electrons. The molecule has 2 heterocycles. The zero-order valence-electron chi connectivity index (χ0n) is 19.7. The van der Waals surface area contributed by atoms with Gasteiger partial charge in [0.1, 0.15) is 10.7 Å². The molecule has 1 atom stereocenters. The fraction of sp³-hybridized carbons (Fsp3) is 0.346. The number of nitrogens with zero attached hydrogens (tertiary/aromatic N) is 3. The standard InChI is InChI=1S/C26H32N4O3S/c1-3-30(23-7-5-4-6-8-23)34(31,32)24-13-14-26(27-19-24)28-20-25(29-15-17-33-18-16-29)22-11-9-21(2)10-12-22/h4-14,19,25H,3,15-18,20H2,1-2H3,(H,27,28). The van der Waals surface area contributed by atoms with Crippen LogP contribution in [-0.2, 0) is 14.8 Å². The summed E-state index contributed by atoms with van der Waals surface area (Å²) in [5, 5.41) is 3.41. The second-order valence-electron chi connectivity index (χ2n) is 8.34. The number of nitrogens with one attached hydrogen (secondary N) is 1. The van der Waals surface area contributed by atoms with Crippen LogP contribution in [0, 0.1) is 6.92 Å². The van der Waals surface area contributed by atoms with Crippen molar-refractivity contribution in [1.82, 2.24) is 9.88 Å². The van der Waals surface area contributed by atoms with Crippen LogP contribution in [0.15, 0.2) is 77.8 Å². The largest absolute Gasteiger partial charge is 0.379 e. The number of sulfonamides is 1. The van der Waals surface area contributed by atoms with Crippen molar-refractivity contribution in [3.8, 4) is 0 Å². The van der Waals surface area contributed by atoms with Crippen molar-refractivity contribution in [2.45, 2.75) is 24.8 Å². The normalized spacial score (nSPS) is 15.6. The predicted octanol–water partition coefficient (Wildman–Crippen LogP) is 4.09. The van der Waals surface area contributed by atoms with E-state index in [4.69, 9.17) is 4.74 Å². The second-order valence-corrected chi connectivity index (χ2v) is 10.2. The van der Waals surface area contributed by atoms with Gasteiger partial charge in [-0.05, 0) is 43.7 Å². The van der Waals surface area contributed by atoms with Gasteiger partial charge >= 0.3 is 0 Å². The number of morpholine rings is 1. The maximum Gasteiger partial charge on any atom is 0.265 e. The van der Waals surface area contributed by atoms with Crippen molar-refractivity contribution >= 4 is 21.5 Å². The minimum atomic E-state index is -3.70.